The first-order valence-corrected chi connectivity index (χ1v) is 7.73. The number of hydrogen-bond donors (Lipinski definition) is 2. The molecule has 0 spiro atoms. The van der Waals surface area contributed by atoms with Crippen LogP contribution in [0.25, 0.3) is 5.69 Å². The molecule has 0 fully saturated rings. The number of carbonyl (C=O) groups is 1. The van der Waals surface area contributed by atoms with Gasteiger partial charge in [-0.25, -0.2) is 9.07 Å². The van der Waals surface area contributed by atoms with Crippen molar-refractivity contribution in [3.8, 4) is 5.69 Å². The van der Waals surface area contributed by atoms with Gasteiger partial charge in [0.1, 0.15) is 17.7 Å². The molecule has 1 amide bonds. The number of nitrogens with zero attached hydrogens (tertiary/aromatic N) is 3. The zero-order chi connectivity index (χ0) is 17.8. The molecule has 0 saturated carbocycles. The Kier molecular flexibility index (Phi) is 4.90. The number of furan rings is 1. The van der Waals surface area contributed by atoms with Gasteiger partial charge >= 0.3 is 0 Å². The molecule has 2 atom stereocenters. The van der Waals surface area contributed by atoms with Gasteiger partial charge in [-0.05, 0) is 43.3 Å². The Morgan fingerprint density at radius 1 is 1.36 bits per heavy atom. The lowest BCUT2D eigenvalue weighted by Crippen LogP contribution is -2.34. The number of carbonyl (C=O) groups excluding carboxylic acids is 1. The molecule has 3 aromatic rings. The Morgan fingerprint density at radius 3 is 2.80 bits per heavy atom. The smallest absolute Gasteiger partial charge is 0.273 e. The van der Waals surface area contributed by atoms with Crippen molar-refractivity contribution in [2.45, 2.75) is 25.5 Å². The van der Waals surface area contributed by atoms with Crippen LogP contribution in [0.15, 0.2) is 53.3 Å². The van der Waals surface area contributed by atoms with Crippen molar-refractivity contribution in [2.24, 2.45) is 0 Å². The molecule has 2 heterocycles. The summed E-state index contributed by atoms with van der Waals surface area (Å²) in [6, 6.07) is 8.73. The zero-order valence-corrected chi connectivity index (χ0v) is 13.5. The summed E-state index contributed by atoms with van der Waals surface area (Å²) >= 11 is 0. The third-order valence-corrected chi connectivity index (χ3v) is 3.64. The van der Waals surface area contributed by atoms with Gasteiger partial charge in [0.15, 0.2) is 5.69 Å². The Labute approximate surface area is 143 Å². The molecule has 0 aliphatic heterocycles. The maximum absolute atomic E-state index is 12.9. The highest BCUT2D eigenvalue weighted by Crippen LogP contribution is 2.18. The van der Waals surface area contributed by atoms with Gasteiger partial charge in [-0.15, -0.1) is 5.10 Å². The minimum absolute atomic E-state index is 0.128. The fourth-order valence-corrected chi connectivity index (χ4v) is 2.38. The normalized spacial score (nSPS) is 13.4. The first-order chi connectivity index (χ1) is 12.0. The van der Waals surface area contributed by atoms with Gasteiger partial charge in [0.25, 0.3) is 5.91 Å². The summed E-state index contributed by atoms with van der Waals surface area (Å²) in [4.78, 5) is 12.2. The third-order valence-electron chi connectivity index (χ3n) is 3.64. The van der Waals surface area contributed by atoms with Crippen molar-refractivity contribution in [1.82, 2.24) is 20.3 Å². The molecule has 3 rings (SSSR count). The van der Waals surface area contributed by atoms with Crippen molar-refractivity contribution >= 4 is 5.91 Å². The topological polar surface area (TPSA) is 93.2 Å². The van der Waals surface area contributed by atoms with Crippen molar-refractivity contribution in [2.75, 3.05) is 0 Å². The molecule has 2 unspecified atom stereocenters. The molecule has 8 heteroatoms. The molecule has 0 bridgehead atoms. The molecule has 1 aromatic carbocycles. The van der Waals surface area contributed by atoms with Gasteiger partial charge in [0.2, 0.25) is 0 Å². The molecule has 0 saturated heterocycles. The molecule has 7 nitrogen and oxygen atoms in total. The Morgan fingerprint density at radius 2 is 2.12 bits per heavy atom. The first-order valence-electron chi connectivity index (χ1n) is 7.73. The molecular weight excluding hydrogens is 327 g/mol. The molecule has 0 radical (unpaired) electrons. The van der Waals surface area contributed by atoms with Gasteiger partial charge in [-0.1, -0.05) is 5.21 Å². The molecule has 2 N–H and O–H groups in total. The fourth-order valence-electron chi connectivity index (χ4n) is 2.38. The van der Waals surface area contributed by atoms with Crippen molar-refractivity contribution in [3.05, 3.63) is 66.1 Å². The number of amides is 1. The van der Waals surface area contributed by atoms with E-state index >= 15 is 0 Å². The second-order valence-electron chi connectivity index (χ2n) is 5.67. The lowest BCUT2D eigenvalue weighted by molar-refractivity contribution is 0.0898. The lowest BCUT2D eigenvalue weighted by Gasteiger charge is -2.15. The maximum atomic E-state index is 12.9. The quantitative estimate of drug-likeness (QED) is 0.715. The Hall–Kier alpha value is -3.00. The maximum Gasteiger partial charge on any atom is 0.273 e. The van der Waals surface area contributed by atoms with Crippen LogP contribution in [0.2, 0.25) is 0 Å². The van der Waals surface area contributed by atoms with E-state index in [9.17, 15) is 14.3 Å². The average molecular weight is 344 g/mol. The lowest BCUT2D eigenvalue weighted by atomic mass is 10.1. The fraction of sp³-hybridized carbons (Fsp3) is 0.235. The monoisotopic (exact) mass is 344 g/mol. The van der Waals surface area contributed by atoms with E-state index in [0.29, 0.717) is 17.9 Å². The van der Waals surface area contributed by atoms with E-state index in [2.05, 4.69) is 15.6 Å². The predicted molar refractivity (Wildman–Crippen MR) is 86.5 cm³/mol. The van der Waals surface area contributed by atoms with Crippen molar-refractivity contribution in [1.29, 1.82) is 0 Å². The van der Waals surface area contributed by atoms with Crippen LogP contribution in [0.3, 0.4) is 0 Å². The van der Waals surface area contributed by atoms with Crippen molar-refractivity contribution in [3.63, 3.8) is 0 Å². The highest BCUT2D eigenvalue weighted by atomic mass is 19.1. The average Bonchev–Trinajstić information content (AvgIpc) is 3.27. The summed E-state index contributed by atoms with van der Waals surface area (Å²) in [5.74, 6) is -0.318. The SMILES string of the molecule is CC(CC(O)c1ccco1)NC(=O)c1cn(-c2ccc(F)cc2)nn1. The van der Waals surface area contributed by atoms with Gasteiger partial charge in [-0.3, -0.25) is 4.79 Å². The van der Waals surface area contributed by atoms with Gasteiger partial charge in [0.05, 0.1) is 18.1 Å². The molecule has 130 valence electrons. The molecule has 2 aromatic heterocycles. The van der Waals surface area contributed by atoms with E-state index in [1.54, 1.807) is 19.1 Å². The van der Waals surface area contributed by atoms with Crippen LogP contribution in [0.5, 0.6) is 0 Å². The van der Waals surface area contributed by atoms with Crippen LogP contribution < -0.4 is 5.32 Å². The summed E-state index contributed by atoms with van der Waals surface area (Å²) in [6.45, 7) is 1.77. The Balaban J connectivity index is 1.60. The van der Waals surface area contributed by atoms with E-state index in [4.69, 9.17) is 4.42 Å². The number of hydrogen-bond acceptors (Lipinski definition) is 5. The van der Waals surface area contributed by atoms with Crippen molar-refractivity contribution < 1.29 is 18.7 Å². The standard InChI is InChI=1S/C17H17FN4O3/c1-11(9-15(23)16-3-2-8-25-16)19-17(24)14-10-22(21-20-14)13-6-4-12(18)5-7-13/h2-8,10-11,15,23H,9H2,1H3,(H,19,24). The van der Waals surface area contributed by atoms with Crippen LogP contribution in [-0.4, -0.2) is 32.0 Å². The second kappa shape index (κ2) is 7.27. The van der Waals surface area contributed by atoms with Crippen LogP contribution in [0.1, 0.15) is 35.7 Å². The second-order valence-corrected chi connectivity index (χ2v) is 5.67. The molecule has 25 heavy (non-hydrogen) atoms. The number of aliphatic hydroxyl groups excluding tert-OH is 1. The Bertz CT molecular complexity index is 830. The minimum atomic E-state index is -0.805. The number of benzene rings is 1. The summed E-state index contributed by atoms with van der Waals surface area (Å²) < 4.78 is 19.5. The van der Waals surface area contributed by atoms with Crippen LogP contribution in [0.4, 0.5) is 4.39 Å². The number of halogens is 1. The van der Waals surface area contributed by atoms with Crippen LogP contribution in [0, 0.1) is 5.82 Å². The number of aromatic nitrogens is 3. The van der Waals surface area contributed by atoms with Gasteiger partial charge < -0.3 is 14.8 Å². The van der Waals surface area contributed by atoms with E-state index in [1.165, 1.54) is 41.4 Å². The summed E-state index contributed by atoms with van der Waals surface area (Å²) in [7, 11) is 0. The first kappa shape index (κ1) is 16.8. The number of aliphatic hydroxyl groups is 1. The van der Waals surface area contributed by atoms with E-state index in [0.717, 1.165) is 0 Å². The van der Waals surface area contributed by atoms with E-state index in [-0.39, 0.29) is 17.6 Å². The van der Waals surface area contributed by atoms with Gasteiger partial charge in [-0.2, -0.15) is 0 Å². The number of nitrogens with one attached hydrogen (secondary N) is 1. The van der Waals surface area contributed by atoms with Crippen LogP contribution >= 0.6 is 0 Å². The summed E-state index contributed by atoms with van der Waals surface area (Å²) in [5.41, 5.74) is 0.720. The summed E-state index contributed by atoms with van der Waals surface area (Å²) in [5, 5.41) is 20.5. The largest absolute Gasteiger partial charge is 0.467 e. The highest BCUT2D eigenvalue weighted by Gasteiger charge is 2.18. The minimum Gasteiger partial charge on any atom is -0.467 e. The van der Waals surface area contributed by atoms with Crippen LogP contribution in [-0.2, 0) is 0 Å². The number of rotatable bonds is 6. The summed E-state index contributed by atoms with van der Waals surface area (Å²) in [6.07, 6.45) is 2.43. The molecule has 0 aliphatic carbocycles. The van der Waals surface area contributed by atoms with E-state index in [1.807, 2.05) is 0 Å². The van der Waals surface area contributed by atoms with Gasteiger partial charge in [0, 0.05) is 12.5 Å². The predicted octanol–water partition coefficient (Wildman–Crippen LogP) is 2.24. The van der Waals surface area contributed by atoms with E-state index < -0.39 is 12.0 Å². The zero-order valence-electron chi connectivity index (χ0n) is 13.5. The molecule has 0 aliphatic rings. The molecular formula is C17H17FN4O3. The highest BCUT2D eigenvalue weighted by molar-refractivity contribution is 5.92. The third kappa shape index (κ3) is 4.10.